The fourth-order valence-corrected chi connectivity index (χ4v) is 3.95. The van der Waals surface area contributed by atoms with Gasteiger partial charge in [0.05, 0.1) is 0 Å². The summed E-state index contributed by atoms with van der Waals surface area (Å²) in [7, 11) is -2.03. The maximum Gasteiger partial charge on any atom is 0.265 e. The average molecular weight is 341 g/mol. The molecule has 24 heavy (non-hydrogen) atoms. The van der Waals surface area contributed by atoms with Crippen molar-refractivity contribution in [3.63, 3.8) is 0 Å². The minimum atomic E-state index is -3.74. The summed E-state index contributed by atoms with van der Waals surface area (Å²) in [4.78, 5) is 0.162. The molecule has 5 nitrogen and oxygen atoms in total. The first-order valence-electron chi connectivity index (χ1n) is 7.55. The summed E-state index contributed by atoms with van der Waals surface area (Å²) >= 11 is 0. The number of sulfonamides is 1. The van der Waals surface area contributed by atoms with Gasteiger partial charge in [0.15, 0.2) is 0 Å². The molecular weight excluding hydrogens is 322 g/mol. The van der Waals surface area contributed by atoms with Gasteiger partial charge >= 0.3 is 0 Å². The van der Waals surface area contributed by atoms with Gasteiger partial charge in [0.2, 0.25) is 0 Å². The van der Waals surface area contributed by atoms with Gasteiger partial charge in [0.25, 0.3) is 10.0 Å². The van der Waals surface area contributed by atoms with E-state index in [1.54, 1.807) is 7.05 Å². The molecule has 0 amide bonds. The number of aryl methyl sites for hydroxylation is 3. The van der Waals surface area contributed by atoms with Crippen LogP contribution in [0.2, 0.25) is 0 Å². The number of nitrogens with zero attached hydrogens (tertiary/aromatic N) is 2. The van der Waals surface area contributed by atoms with E-state index in [2.05, 4.69) is 9.82 Å². The Bertz CT molecular complexity index is 957. The van der Waals surface area contributed by atoms with Gasteiger partial charge in [-0.3, -0.25) is 9.40 Å². The van der Waals surface area contributed by atoms with Crippen LogP contribution in [-0.4, -0.2) is 18.2 Å². The molecule has 0 saturated carbocycles. The number of aromatic nitrogens is 2. The van der Waals surface area contributed by atoms with Crippen LogP contribution in [0.5, 0.6) is 0 Å². The van der Waals surface area contributed by atoms with Crippen molar-refractivity contribution < 1.29 is 8.42 Å². The molecule has 2 aromatic carbocycles. The second-order valence-corrected chi connectivity index (χ2v) is 7.51. The van der Waals surface area contributed by atoms with E-state index in [0.717, 1.165) is 16.7 Å². The van der Waals surface area contributed by atoms with Crippen LogP contribution >= 0.6 is 0 Å². The second-order valence-electron chi connectivity index (χ2n) is 5.86. The Morgan fingerprint density at radius 3 is 2.25 bits per heavy atom. The molecule has 1 aromatic heterocycles. The number of nitrogens with one attached hydrogen (secondary N) is 1. The Morgan fingerprint density at radius 1 is 1.00 bits per heavy atom. The minimum Gasteiger partial charge on any atom is -0.279 e. The highest BCUT2D eigenvalue weighted by Crippen LogP contribution is 2.27. The van der Waals surface area contributed by atoms with Gasteiger partial charge in [-0.2, -0.15) is 5.10 Å². The van der Waals surface area contributed by atoms with Crippen molar-refractivity contribution in [2.75, 3.05) is 4.72 Å². The molecule has 124 valence electrons. The Labute approximate surface area is 142 Å². The van der Waals surface area contributed by atoms with E-state index in [-0.39, 0.29) is 4.90 Å². The zero-order valence-electron chi connectivity index (χ0n) is 13.8. The van der Waals surface area contributed by atoms with Gasteiger partial charge in [-0.1, -0.05) is 36.4 Å². The number of anilines is 1. The van der Waals surface area contributed by atoms with E-state index in [9.17, 15) is 8.42 Å². The first kappa shape index (κ1) is 16.3. The summed E-state index contributed by atoms with van der Waals surface area (Å²) in [5, 5.41) is 4.32. The van der Waals surface area contributed by atoms with E-state index in [0.29, 0.717) is 11.4 Å². The van der Waals surface area contributed by atoms with Gasteiger partial charge in [-0.15, -0.1) is 0 Å². The number of rotatable bonds is 4. The predicted molar refractivity (Wildman–Crippen MR) is 95.4 cm³/mol. The smallest absolute Gasteiger partial charge is 0.265 e. The zero-order chi connectivity index (χ0) is 17.3. The Hall–Kier alpha value is -2.60. The van der Waals surface area contributed by atoms with E-state index in [4.69, 9.17) is 0 Å². The average Bonchev–Trinajstić information content (AvgIpc) is 2.89. The summed E-state index contributed by atoms with van der Waals surface area (Å²) in [6.07, 6.45) is 1.52. The minimum absolute atomic E-state index is 0.162. The monoisotopic (exact) mass is 341 g/mol. The first-order valence-corrected chi connectivity index (χ1v) is 9.04. The van der Waals surface area contributed by atoms with Gasteiger partial charge in [-0.05, 0) is 37.1 Å². The molecule has 0 aliphatic heterocycles. The number of benzene rings is 2. The second kappa shape index (κ2) is 6.13. The van der Waals surface area contributed by atoms with Crippen molar-refractivity contribution in [2.45, 2.75) is 18.7 Å². The lowest BCUT2D eigenvalue weighted by Gasteiger charge is -2.10. The van der Waals surface area contributed by atoms with E-state index in [1.807, 2.05) is 62.4 Å². The molecule has 0 spiro atoms. The molecular formula is C18H19N3O2S. The van der Waals surface area contributed by atoms with Crippen LogP contribution in [-0.2, 0) is 17.1 Å². The van der Waals surface area contributed by atoms with Crippen LogP contribution in [0.4, 0.5) is 5.69 Å². The third-order valence-corrected chi connectivity index (χ3v) is 4.99. The van der Waals surface area contributed by atoms with E-state index >= 15 is 0 Å². The molecule has 0 atom stereocenters. The molecule has 1 N–H and O–H groups in total. The molecule has 0 unspecified atom stereocenters. The van der Waals surface area contributed by atoms with Gasteiger partial charge < -0.3 is 0 Å². The molecule has 6 heteroatoms. The van der Waals surface area contributed by atoms with Crippen molar-refractivity contribution in [1.29, 1.82) is 0 Å². The lowest BCUT2D eigenvalue weighted by molar-refractivity contribution is 0.601. The van der Waals surface area contributed by atoms with Crippen molar-refractivity contribution in [2.24, 2.45) is 7.05 Å². The van der Waals surface area contributed by atoms with Gasteiger partial charge in [0, 0.05) is 24.5 Å². The summed E-state index contributed by atoms with van der Waals surface area (Å²) in [5.41, 5.74) is 3.76. The molecule has 0 fully saturated rings. The van der Waals surface area contributed by atoms with Crippen LogP contribution in [0.3, 0.4) is 0 Å². The molecule has 0 bridgehead atoms. The summed E-state index contributed by atoms with van der Waals surface area (Å²) in [6, 6.07) is 14.9. The predicted octanol–water partition coefficient (Wildman–Crippen LogP) is 3.50. The first-order chi connectivity index (χ1) is 11.3. The van der Waals surface area contributed by atoms with Crippen molar-refractivity contribution >= 4 is 15.7 Å². The van der Waals surface area contributed by atoms with Crippen LogP contribution in [0.25, 0.3) is 11.3 Å². The maximum absolute atomic E-state index is 12.9. The van der Waals surface area contributed by atoms with Crippen molar-refractivity contribution in [1.82, 2.24) is 9.78 Å². The van der Waals surface area contributed by atoms with Crippen LogP contribution in [0.15, 0.2) is 59.6 Å². The lowest BCUT2D eigenvalue weighted by atomic mass is 10.1. The van der Waals surface area contributed by atoms with Crippen molar-refractivity contribution in [3.05, 3.63) is 65.9 Å². The standard InChI is InChI=1S/C18H19N3O2S/c1-13-9-14(2)11-16(10-13)20-24(22,23)17-12-21(3)19-18(17)15-7-5-4-6-8-15/h4-12,20H,1-3H3. The van der Waals surface area contributed by atoms with Gasteiger partial charge in [-0.25, -0.2) is 8.42 Å². The van der Waals surface area contributed by atoms with Crippen LogP contribution in [0.1, 0.15) is 11.1 Å². The van der Waals surface area contributed by atoms with E-state index < -0.39 is 10.0 Å². The summed E-state index contributed by atoms with van der Waals surface area (Å²) in [5.74, 6) is 0. The molecule has 1 heterocycles. The summed E-state index contributed by atoms with van der Waals surface area (Å²) in [6.45, 7) is 3.87. The fourth-order valence-electron chi connectivity index (χ4n) is 2.70. The lowest BCUT2D eigenvalue weighted by Crippen LogP contribution is -2.13. The topological polar surface area (TPSA) is 64.0 Å². The quantitative estimate of drug-likeness (QED) is 0.790. The third-order valence-electron chi connectivity index (χ3n) is 3.61. The third kappa shape index (κ3) is 3.33. The molecule has 0 radical (unpaired) electrons. The van der Waals surface area contributed by atoms with Crippen LogP contribution < -0.4 is 4.72 Å². The number of hydrogen-bond acceptors (Lipinski definition) is 3. The largest absolute Gasteiger partial charge is 0.279 e. The highest BCUT2D eigenvalue weighted by atomic mass is 32.2. The fraction of sp³-hybridized carbons (Fsp3) is 0.167. The molecule has 0 aliphatic rings. The molecule has 3 aromatic rings. The van der Waals surface area contributed by atoms with Gasteiger partial charge in [0.1, 0.15) is 10.6 Å². The van der Waals surface area contributed by atoms with E-state index in [1.165, 1.54) is 10.9 Å². The maximum atomic E-state index is 12.9. The van der Waals surface area contributed by atoms with Crippen molar-refractivity contribution in [3.8, 4) is 11.3 Å². The SMILES string of the molecule is Cc1cc(C)cc(NS(=O)(=O)c2cn(C)nc2-c2ccccc2)c1. The zero-order valence-corrected chi connectivity index (χ0v) is 14.6. The Balaban J connectivity index is 2.05. The highest BCUT2D eigenvalue weighted by molar-refractivity contribution is 7.92. The Morgan fingerprint density at radius 2 is 1.62 bits per heavy atom. The molecule has 0 saturated heterocycles. The Kier molecular flexibility index (Phi) is 4.15. The van der Waals surface area contributed by atoms with Crippen LogP contribution in [0, 0.1) is 13.8 Å². The molecule has 0 aliphatic carbocycles. The summed E-state index contributed by atoms with van der Waals surface area (Å²) < 4.78 is 29.9. The number of hydrogen-bond donors (Lipinski definition) is 1. The highest BCUT2D eigenvalue weighted by Gasteiger charge is 2.23. The normalized spacial score (nSPS) is 11.5. The molecule has 3 rings (SSSR count).